The van der Waals surface area contributed by atoms with Crippen LogP contribution in [-0.2, 0) is 11.0 Å². The van der Waals surface area contributed by atoms with Crippen LogP contribution in [-0.4, -0.2) is 29.1 Å². The maximum Gasteiger partial charge on any atom is 0.416 e. The van der Waals surface area contributed by atoms with Crippen molar-refractivity contribution in [3.8, 4) is 0 Å². The molecule has 0 saturated carbocycles. The van der Waals surface area contributed by atoms with Crippen molar-refractivity contribution in [2.75, 3.05) is 18.0 Å². The van der Waals surface area contributed by atoms with Crippen molar-refractivity contribution in [2.24, 2.45) is 5.92 Å². The van der Waals surface area contributed by atoms with E-state index in [9.17, 15) is 18.0 Å². The third-order valence-corrected chi connectivity index (χ3v) is 4.83. The van der Waals surface area contributed by atoms with E-state index in [0.29, 0.717) is 22.6 Å². The van der Waals surface area contributed by atoms with E-state index in [1.165, 1.54) is 18.2 Å². The molecule has 0 aliphatic carbocycles. The quantitative estimate of drug-likeness (QED) is 0.564. The predicted octanol–water partition coefficient (Wildman–Crippen LogP) is 5.02. The Morgan fingerprint density at radius 2 is 1.86 bits per heavy atom. The van der Waals surface area contributed by atoms with Gasteiger partial charge in [0.1, 0.15) is 5.82 Å². The van der Waals surface area contributed by atoms with Crippen molar-refractivity contribution < 1.29 is 23.1 Å². The molecule has 1 unspecified atom stereocenters. The summed E-state index contributed by atoms with van der Waals surface area (Å²) in [6.07, 6.45) is 2.24. The molecule has 7 heteroatoms. The molecule has 1 N–H and O–H groups in total. The molecule has 3 rings (SSSR count). The average molecular weight is 402 g/mol. The van der Waals surface area contributed by atoms with Crippen LogP contribution in [0.3, 0.4) is 0 Å². The van der Waals surface area contributed by atoms with Crippen molar-refractivity contribution >= 4 is 17.4 Å². The van der Waals surface area contributed by atoms with E-state index in [0.717, 1.165) is 43.5 Å². The Bertz CT molecular complexity index is 917. The number of nitrogens with zero attached hydrogens (tertiary/aromatic N) is 2. The lowest BCUT2D eigenvalue weighted by Gasteiger charge is -2.17. The second-order valence-electron chi connectivity index (χ2n) is 7.10. The highest BCUT2D eigenvalue weighted by molar-refractivity contribution is 5.84. The van der Waals surface area contributed by atoms with E-state index in [4.69, 9.17) is 5.11 Å². The van der Waals surface area contributed by atoms with Crippen LogP contribution >= 0.6 is 0 Å². The van der Waals surface area contributed by atoms with Crippen LogP contribution in [0.15, 0.2) is 60.8 Å². The number of pyridine rings is 1. The van der Waals surface area contributed by atoms with Crippen LogP contribution < -0.4 is 4.90 Å². The molecule has 0 spiro atoms. The van der Waals surface area contributed by atoms with Crippen LogP contribution in [0.25, 0.3) is 5.57 Å². The summed E-state index contributed by atoms with van der Waals surface area (Å²) in [6.45, 7) is 4.07. The van der Waals surface area contributed by atoms with Gasteiger partial charge in [0.2, 0.25) is 0 Å². The van der Waals surface area contributed by atoms with Crippen LogP contribution in [0.2, 0.25) is 0 Å². The van der Waals surface area contributed by atoms with Gasteiger partial charge in [-0.1, -0.05) is 31.2 Å². The zero-order valence-corrected chi connectivity index (χ0v) is 15.9. The first-order valence-electron chi connectivity index (χ1n) is 9.24. The molecule has 1 aliphatic rings. The van der Waals surface area contributed by atoms with Gasteiger partial charge in [-0.2, -0.15) is 13.2 Å². The summed E-state index contributed by atoms with van der Waals surface area (Å²) in [4.78, 5) is 17.5. The summed E-state index contributed by atoms with van der Waals surface area (Å²) in [6, 6.07) is 8.50. The number of aliphatic carboxylic acids is 1. The number of allylic oxidation sites excluding steroid dienone is 2. The number of rotatable bonds is 5. The smallest absolute Gasteiger partial charge is 0.416 e. The van der Waals surface area contributed by atoms with Gasteiger partial charge >= 0.3 is 12.1 Å². The van der Waals surface area contributed by atoms with E-state index in [2.05, 4.69) is 16.8 Å². The van der Waals surface area contributed by atoms with Crippen LogP contribution in [0.1, 0.15) is 30.0 Å². The Morgan fingerprint density at radius 3 is 2.38 bits per heavy atom. The zero-order valence-electron chi connectivity index (χ0n) is 15.9. The van der Waals surface area contributed by atoms with Gasteiger partial charge in [-0.15, -0.1) is 0 Å². The van der Waals surface area contributed by atoms with Gasteiger partial charge in [-0.25, -0.2) is 9.78 Å². The first-order chi connectivity index (χ1) is 13.7. The number of benzene rings is 1. The number of halogens is 3. The van der Waals surface area contributed by atoms with Crippen molar-refractivity contribution in [1.29, 1.82) is 0 Å². The van der Waals surface area contributed by atoms with Gasteiger partial charge in [0, 0.05) is 30.9 Å². The van der Waals surface area contributed by atoms with Gasteiger partial charge in [0.25, 0.3) is 0 Å². The molecule has 1 aromatic carbocycles. The highest BCUT2D eigenvalue weighted by Crippen LogP contribution is 2.32. The summed E-state index contributed by atoms with van der Waals surface area (Å²) in [5.74, 6) is 0.357. The number of aromatic nitrogens is 1. The van der Waals surface area contributed by atoms with E-state index in [-0.39, 0.29) is 0 Å². The van der Waals surface area contributed by atoms with E-state index in [1.54, 1.807) is 12.3 Å². The molecular weight excluding hydrogens is 381 g/mol. The lowest BCUT2D eigenvalue weighted by molar-refractivity contribution is -0.137. The third-order valence-electron chi connectivity index (χ3n) is 4.83. The fourth-order valence-corrected chi connectivity index (χ4v) is 3.30. The highest BCUT2D eigenvalue weighted by Gasteiger charge is 2.30. The monoisotopic (exact) mass is 402 g/mol. The minimum absolute atomic E-state index is 0.539. The lowest BCUT2D eigenvalue weighted by atomic mass is 9.97. The van der Waals surface area contributed by atoms with Gasteiger partial charge in [0.05, 0.1) is 5.56 Å². The SMILES string of the molecule is CC1CCN(c2ccc(/C(=C\C=C\C(=O)O)c3ccc(C(F)(F)F)cc3)cn2)C1. The molecule has 152 valence electrons. The van der Waals surface area contributed by atoms with Crippen LogP contribution in [0, 0.1) is 5.92 Å². The molecule has 4 nitrogen and oxygen atoms in total. The first kappa shape index (κ1) is 20.6. The minimum Gasteiger partial charge on any atom is -0.478 e. The molecule has 1 atom stereocenters. The van der Waals surface area contributed by atoms with E-state index < -0.39 is 17.7 Å². The molecule has 2 heterocycles. The number of anilines is 1. The number of hydrogen-bond acceptors (Lipinski definition) is 3. The molecule has 0 radical (unpaired) electrons. The molecule has 1 fully saturated rings. The number of carboxylic acid groups (broad SMARTS) is 1. The van der Waals surface area contributed by atoms with Crippen molar-refractivity contribution in [1.82, 2.24) is 4.98 Å². The van der Waals surface area contributed by atoms with Crippen LogP contribution in [0.5, 0.6) is 0 Å². The first-order valence-corrected chi connectivity index (χ1v) is 9.24. The Labute approximate surface area is 167 Å². The molecular formula is C22H21F3N2O2. The fraction of sp³-hybridized carbons (Fsp3) is 0.273. The maximum atomic E-state index is 12.8. The summed E-state index contributed by atoms with van der Waals surface area (Å²) < 4.78 is 38.5. The van der Waals surface area contributed by atoms with E-state index >= 15 is 0 Å². The fourth-order valence-electron chi connectivity index (χ4n) is 3.30. The molecule has 1 aromatic heterocycles. The summed E-state index contributed by atoms with van der Waals surface area (Å²) in [5, 5.41) is 8.81. The van der Waals surface area contributed by atoms with Crippen molar-refractivity contribution in [2.45, 2.75) is 19.5 Å². The normalized spacial score (nSPS) is 17.9. The highest BCUT2D eigenvalue weighted by atomic mass is 19.4. The zero-order chi connectivity index (χ0) is 21.0. The minimum atomic E-state index is -4.41. The Kier molecular flexibility index (Phi) is 6.06. The maximum absolute atomic E-state index is 12.8. The molecule has 2 aromatic rings. The lowest BCUT2D eigenvalue weighted by Crippen LogP contribution is -2.20. The molecule has 0 amide bonds. The topological polar surface area (TPSA) is 53.4 Å². The third kappa shape index (κ3) is 5.25. The molecule has 29 heavy (non-hydrogen) atoms. The molecule has 0 bridgehead atoms. The largest absolute Gasteiger partial charge is 0.478 e. The number of carbonyl (C=O) groups is 1. The Balaban J connectivity index is 1.92. The predicted molar refractivity (Wildman–Crippen MR) is 106 cm³/mol. The summed E-state index contributed by atoms with van der Waals surface area (Å²) in [7, 11) is 0. The second kappa shape index (κ2) is 8.51. The van der Waals surface area contributed by atoms with Gasteiger partial charge in [-0.3, -0.25) is 0 Å². The standard InChI is InChI=1S/C22H21F3N2O2/c1-15-11-12-27(14-15)20-10-7-17(13-26-20)19(3-2-4-21(28)29)16-5-8-18(9-6-16)22(23,24)25/h2-10,13,15H,11-12,14H2,1H3,(H,28,29)/b4-2+,19-3-. The summed E-state index contributed by atoms with van der Waals surface area (Å²) >= 11 is 0. The van der Waals surface area contributed by atoms with E-state index in [1.807, 2.05) is 12.1 Å². The van der Waals surface area contributed by atoms with Gasteiger partial charge in [0.15, 0.2) is 0 Å². The number of alkyl halides is 3. The van der Waals surface area contributed by atoms with Crippen molar-refractivity contribution in [3.05, 3.63) is 77.5 Å². The second-order valence-corrected chi connectivity index (χ2v) is 7.10. The van der Waals surface area contributed by atoms with Gasteiger partial charge in [-0.05, 0) is 47.7 Å². The average Bonchev–Trinajstić information content (AvgIpc) is 3.11. The van der Waals surface area contributed by atoms with Crippen molar-refractivity contribution in [3.63, 3.8) is 0 Å². The Hall–Kier alpha value is -3.09. The Morgan fingerprint density at radius 1 is 1.17 bits per heavy atom. The molecule has 1 aliphatic heterocycles. The van der Waals surface area contributed by atoms with Gasteiger partial charge < -0.3 is 10.0 Å². The summed E-state index contributed by atoms with van der Waals surface area (Å²) in [5.41, 5.74) is 1.08. The van der Waals surface area contributed by atoms with Crippen LogP contribution in [0.4, 0.5) is 19.0 Å². The molecule has 1 saturated heterocycles. The number of hydrogen-bond donors (Lipinski definition) is 1. The number of carboxylic acids is 1.